The van der Waals surface area contributed by atoms with Gasteiger partial charge in [-0.3, -0.25) is 15.1 Å². The highest BCUT2D eigenvalue weighted by molar-refractivity contribution is 5.84. The number of non-ortho nitro benzene ring substituents is 1. The van der Waals surface area contributed by atoms with E-state index in [9.17, 15) is 10.1 Å². The first-order valence-electron chi connectivity index (χ1n) is 6.44. The van der Waals surface area contributed by atoms with Crippen molar-refractivity contribution in [1.29, 1.82) is 0 Å². The van der Waals surface area contributed by atoms with Crippen molar-refractivity contribution in [1.82, 2.24) is 4.98 Å². The number of nitro benzene ring substituents is 1. The third kappa shape index (κ3) is 2.81. The summed E-state index contributed by atoms with van der Waals surface area (Å²) in [6, 6.07) is 15.9. The number of ether oxygens (including phenoxy) is 1. The van der Waals surface area contributed by atoms with Crippen molar-refractivity contribution in [3.63, 3.8) is 0 Å². The molecule has 0 aliphatic heterocycles. The number of pyridine rings is 1. The van der Waals surface area contributed by atoms with Gasteiger partial charge in [0.25, 0.3) is 5.69 Å². The number of aromatic nitrogens is 1. The Morgan fingerprint density at radius 2 is 1.90 bits per heavy atom. The number of para-hydroxylation sites is 1. The predicted octanol–water partition coefficient (Wildman–Crippen LogP) is 3.72. The van der Waals surface area contributed by atoms with Gasteiger partial charge in [-0.2, -0.15) is 0 Å². The second-order valence-electron chi connectivity index (χ2n) is 4.55. The van der Waals surface area contributed by atoms with Crippen molar-refractivity contribution in [3.05, 3.63) is 76.5 Å². The fourth-order valence-corrected chi connectivity index (χ4v) is 2.11. The van der Waals surface area contributed by atoms with Gasteiger partial charge < -0.3 is 4.74 Å². The molecule has 0 amide bonds. The lowest BCUT2D eigenvalue weighted by Gasteiger charge is -2.08. The maximum Gasteiger partial charge on any atom is 0.269 e. The molecule has 0 saturated heterocycles. The van der Waals surface area contributed by atoms with E-state index in [0.717, 1.165) is 16.5 Å². The van der Waals surface area contributed by atoms with Crippen LogP contribution in [-0.2, 0) is 6.61 Å². The minimum absolute atomic E-state index is 0.0622. The van der Waals surface area contributed by atoms with Crippen molar-refractivity contribution in [2.75, 3.05) is 0 Å². The van der Waals surface area contributed by atoms with Crippen LogP contribution in [0.3, 0.4) is 0 Å². The van der Waals surface area contributed by atoms with Crippen molar-refractivity contribution in [3.8, 4) is 5.75 Å². The Kier molecular flexibility index (Phi) is 3.47. The predicted molar refractivity (Wildman–Crippen MR) is 79.2 cm³/mol. The van der Waals surface area contributed by atoms with Crippen molar-refractivity contribution in [2.24, 2.45) is 0 Å². The Labute approximate surface area is 121 Å². The summed E-state index contributed by atoms with van der Waals surface area (Å²) < 4.78 is 5.75. The molecule has 0 unspecified atom stereocenters. The summed E-state index contributed by atoms with van der Waals surface area (Å²) in [4.78, 5) is 14.6. The van der Waals surface area contributed by atoms with Crippen LogP contribution in [0.15, 0.2) is 60.8 Å². The Balaban J connectivity index is 1.84. The van der Waals surface area contributed by atoms with E-state index in [4.69, 9.17) is 4.74 Å². The van der Waals surface area contributed by atoms with Crippen LogP contribution in [0.1, 0.15) is 5.56 Å². The number of hydrogen-bond acceptors (Lipinski definition) is 4. The van der Waals surface area contributed by atoms with Gasteiger partial charge in [0, 0.05) is 23.7 Å². The van der Waals surface area contributed by atoms with Gasteiger partial charge in [-0.25, -0.2) is 0 Å². The van der Waals surface area contributed by atoms with Crippen LogP contribution in [-0.4, -0.2) is 9.91 Å². The molecule has 0 atom stereocenters. The summed E-state index contributed by atoms with van der Waals surface area (Å²) in [5, 5.41) is 11.8. The highest BCUT2D eigenvalue weighted by Crippen LogP contribution is 2.24. The van der Waals surface area contributed by atoms with E-state index in [2.05, 4.69) is 4.98 Å². The molecule has 1 heterocycles. The molecule has 3 rings (SSSR count). The van der Waals surface area contributed by atoms with Crippen molar-refractivity contribution in [2.45, 2.75) is 6.61 Å². The van der Waals surface area contributed by atoms with Crippen LogP contribution in [0, 0.1) is 10.1 Å². The van der Waals surface area contributed by atoms with E-state index in [1.807, 2.05) is 30.3 Å². The van der Waals surface area contributed by atoms with Gasteiger partial charge in [0.15, 0.2) is 0 Å². The Morgan fingerprint density at radius 3 is 2.76 bits per heavy atom. The summed E-state index contributed by atoms with van der Waals surface area (Å²) in [7, 11) is 0. The lowest BCUT2D eigenvalue weighted by atomic mass is 10.2. The zero-order chi connectivity index (χ0) is 14.7. The minimum atomic E-state index is -0.414. The molecular weight excluding hydrogens is 268 g/mol. The molecule has 0 fully saturated rings. The SMILES string of the molecule is O=[N+]([O-])c1cccc(COc2cccc3cccnc23)c1. The summed E-state index contributed by atoms with van der Waals surface area (Å²) in [5.41, 5.74) is 1.59. The zero-order valence-corrected chi connectivity index (χ0v) is 11.1. The van der Waals surface area contributed by atoms with Crippen LogP contribution < -0.4 is 4.74 Å². The maximum absolute atomic E-state index is 10.8. The van der Waals surface area contributed by atoms with Crippen LogP contribution in [0.2, 0.25) is 0 Å². The molecule has 3 aromatic rings. The minimum Gasteiger partial charge on any atom is -0.487 e. The monoisotopic (exact) mass is 280 g/mol. The number of fused-ring (bicyclic) bond motifs is 1. The maximum atomic E-state index is 10.8. The fourth-order valence-electron chi connectivity index (χ4n) is 2.11. The molecule has 2 aromatic carbocycles. The summed E-state index contributed by atoms with van der Waals surface area (Å²) in [5.74, 6) is 0.666. The highest BCUT2D eigenvalue weighted by Gasteiger charge is 2.07. The van der Waals surface area contributed by atoms with E-state index in [1.165, 1.54) is 12.1 Å². The van der Waals surface area contributed by atoms with Crippen LogP contribution in [0.25, 0.3) is 10.9 Å². The lowest BCUT2D eigenvalue weighted by molar-refractivity contribution is -0.384. The number of nitrogens with zero attached hydrogens (tertiary/aromatic N) is 2. The molecule has 0 N–H and O–H groups in total. The molecule has 0 saturated carbocycles. The van der Waals surface area contributed by atoms with E-state index < -0.39 is 4.92 Å². The quantitative estimate of drug-likeness (QED) is 0.539. The average Bonchev–Trinajstić information content (AvgIpc) is 2.53. The molecule has 0 aliphatic rings. The standard InChI is InChI=1S/C16H12N2O3/c19-18(20)14-7-1-4-12(10-14)11-21-15-8-2-5-13-6-3-9-17-16(13)15/h1-10H,11H2. The second-order valence-corrected chi connectivity index (χ2v) is 4.55. The van der Waals surface area contributed by atoms with E-state index in [-0.39, 0.29) is 12.3 Å². The first-order valence-corrected chi connectivity index (χ1v) is 6.44. The lowest BCUT2D eigenvalue weighted by Crippen LogP contribution is -1.98. The molecule has 21 heavy (non-hydrogen) atoms. The third-order valence-corrected chi connectivity index (χ3v) is 3.11. The summed E-state index contributed by atoms with van der Waals surface area (Å²) in [6.45, 7) is 0.261. The molecule has 0 bridgehead atoms. The molecule has 0 radical (unpaired) electrons. The first kappa shape index (κ1) is 13.1. The molecule has 1 aromatic heterocycles. The Hall–Kier alpha value is -2.95. The van der Waals surface area contributed by atoms with E-state index in [1.54, 1.807) is 18.3 Å². The first-order chi connectivity index (χ1) is 10.2. The fraction of sp³-hybridized carbons (Fsp3) is 0.0625. The smallest absolute Gasteiger partial charge is 0.269 e. The van der Waals surface area contributed by atoms with Crippen LogP contribution in [0.5, 0.6) is 5.75 Å². The molecule has 0 spiro atoms. The van der Waals surface area contributed by atoms with Gasteiger partial charge in [-0.1, -0.05) is 30.3 Å². The molecule has 5 heteroatoms. The molecule has 0 aliphatic carbocycles. The Morgan fingerprint density at radius 1 is 1.10 bits per heavy atom. The number of hydrogen-bond donors (Lipinski definition) is 0. The van der Waals surface area contributed by atoms with Crippen molar-refractivity contribution < 1.29 is 9.66 Å². The zero-order valence-electron chi connectivity index (χ0n) is 11.1. The molecule has 104 valence electrons. The highest BCUT2D eigenvalue weighted by atomic mass is 16.6. The van der Waals surface area contributed by atoms with Crippen molar-refractivity contribution >= 4 is 16.6 Å². The van der Waals surface area contributed by atoms with E-state index >= 15 is 0 Å². The number of nitro groups is 1. The van der Waals surface area contributed by atoms with Gasteiger partial charge in [0.2, 0.25) is 0 Å². The number of rotatable bonds is 4. The third-order valence-electron chi connectivity index (χ3n) is 3.11. The van der Waals surface area contributed by atoms with Gasteiger partial charge in [0.1, 0.15) is 17.9 Å². The normalized spacial score (nSPS) is 10.5. The summed E-state index contributed by atoms with van der Waals surface area (Å²) in [6.07, 6.45) is 1.71. The van der Waals surface area contributed by atoms with Gasteiger partial charge in [0.05, 0.1) is 4.92 Å². The number of benzene rings is 2. The molecule has 5 nitrogen and oxygen atoms in total. The van der Waals surface area contributed by atoms with Crippen LogP contribution >= 0.6 is 0 Å². The van der Waals surface area contributed by atoms with Gasteiger partial charge in [-0.15, -0.1) is 0 Å². The largest absolute Gasteiger partial charge is 0.487 e. The molecular formula is C16H12N2O3. The van der Waals surface area contributed by atoms with Gasteiger partial charge >= 0.3 is 0 Å². The average molecular weight is 280 g/mol. The van der Waals surface area contributed by atoms with E-state index in [0.29, 0.717) is 5.75 Å². The van der Waals surface area contributed by atoms with Gasteiger partial charge in [-0.05, 0) is 17.7 Å². The Bertz CT molecular complexity index is 797. The topological polar surface area (TPSA) is 65.3 Å². The second kappa shape index (κ2) is 5.58. The summed E-state index contributed by atoms with van der Waals surface area (Å²) >= 11 is 0. The van der Waals surface area contributed by atoms with Crippen LogP contribution in [0.4, 0.5) is 5.69 Å².